The normalized spacial score (nSPS) is 18.0. The number of rotatable bonds is 8. The molecule has 1 saturated carbocycles. The van der Waals surface area contributed by atoms with E-state index in [9.17, 15) is 5.11 Å². The molecule has 0 bridgehead atoms. The van der Waals surface area contributed by atoms with Gasteiger partial charge >= 0.3 is 0 Å². The van der Waals surface area contributed by atoms with Crippen LogP contribution < -0.4 is 0 Å². The third kappa shape index (κ3) is 4.62. The third-order valence-electron chi connectivity index (χ3n) is 3.75. The van der Waals surface area contributed by atoms with Gasteiger partial charge in [-0.15, -0.1) is 0 Å². The first kappa shape index (κ1) is 14.5. The van der Waals surface area contributed by atoms with Crippen LogP contribution in [-0.2, 0) is 11.2 Å². The summed E-state index contributed by atoms with van der Waals surface area (Å²) in [6.07, 6.45) is 9.19. The first-order valence-corrected chi connectivity index (χ1v) is 7.59. The summed E-state index contributed by atoms with van der Waals surface area (Å²) < 4.78 is 7.48. The average Bonchev–Trinajstić information content (AvgIpc) is 3.04. The summed E-state index contributed by atoms with van der Waals surface area (Å²) in [4.78, 5) is 0. The molecule has 0 radical (unpaired) electrons. The zero-order valence-corrected chi connectivity index (χ0v) is 11.9. The molecule has 4 nitrogen and oxygen atoms in total. The average molecular weight is 266 g/mol. The summed E-state index contributed by atoms with van der Waals surface area (Å²) in [5.74, 6) is 0. The van der Waals surface area contributed by atoms with Crippen molar-refractivity contribution in [3.8, 4) is 0 Å². The van der Waals surface area contributed by atoms with Crippen LogP contribution in [0.15, 0.2) is 12.3 Å². The highest BCUT2D eigenvalue weighted by molar-refractivity contribution is 5.01. The first-order valence-electron chi connectivity index (χ1n) is 7.59. The molecule has 108 valence electrons. The second-order valence-corrected chi connectivity index (χ2v) is 5.48. The topological polar surface area (TPSA) is 47.3 Å². The molecule has 0 aliphatic heterocycles. The van der Waals surface area contributed by atoms with Gasteiger partial charge in [0.05, 0.1) is 17.8 Å². The van der Waals surface area contributed by atoms with Gasteiger partial charge in [-0.25, -0.2) is 0 Å². The fraction of sp³-hybridized carbons (Fsp3) is 0.800. The van der Waals surface area contributed by atoms with Gasteiger partial charge in [0.15, 0.2) is 0 Å². The van der Waals surface area contributed by atoms with Crippen molar-refractivity contribution in [3.05, 3.63) is 18.0 Å². The van der Waals surface area contributed by atoms with E-state index in [2.05, 4.69) is 22.9 Å². The molecular weight excluding hydrogens is 240 g/mol. The largest absolute Gasteiger partial charge is 0.393 e. The molecule has 1 atom stereocenters. The van der Waals surface area contributed by atoms with Gasteiger partial charge in [-0.1, -0.05) is 19.8 Å². The van der Waals surface area contributed by atoms with E-state index in [0.717, 1.165) is 18.7 Å². The summed E-state index contributed by atoms with van der Waals surface area (Å²) in [7, 11) is 0. The zero-order chi connectivity index (χ0) is 13.5. The number of nitrogens with zero attached hydrogens (tertiary/aromatic N) is 2. The van der Waals surface area contributed by atoms with Crippen molar-refractivity contribution in [2.24, 2.45) is 0 Å². The van der Waals surface area contributed by atoms with E-state index in [4.69, 9.17) is 4.74 Å². The van der Waals surface area contributed by atoms with E-state index in [0.29, 0.717) is 25.5 Å². The molecule has 19 heavy (non-hydrogen) atoms. The van der Waals surface area contributed by atoms with Crippen molar-refractivity contribution in [1.82, 2.24) is 9.78 Å². The molecule has 4 heteroatoms. The van der Waals surface area contributed by atoms with Crippen molar-refractivity contribution in [1.29, 1.82) is 0 Å². The lowest BCUT2D eigenvalue weighted by molar-refractivity contribution is 0.0819. The lowest BCUT2D eigenvalue weighted by Crippen LogP contribution is -2.15. The lowest BCUT2D eigenvalue weighted by Gasteiger charge is -2.10. The van der Waals surface area contributed by atoms with Crippen LogP contribution in [0.2, 0.25) is 0 Å². The van der Waals surface area contributed by atoms with Gasteiger partial charge < -0.3 is 9.84 Å². The Morgan fingerprint density at radius 3 is 2.95 bits per heavy atom. The molecule has 1 N–H and O–H groups in total. The fourth-order valence-corrected chi connectivity index (χ4v) is 2.67. The maximum Gasteiger partial charge on any atom is 0.0650 e. The lowest BCUT2D eigenvalue weighted by atomic mass is 10.1. The number of ether oxygens (including phenoxy) is 1. The molecule has 0 spiro atoms. The van der Waals surface area contributed by atoms with Crippen LogP contribution in [-0.4, -0.2) is 34.2 Å². The highest BCUT2D eigenvalue weighted by atomic mass is 16.5. The van der Waals surface area contributed by atoms with Gasteiger partial charge in [0.25, 0.3) is 0 Å². The molecule has 1 aliphatic carbocycles. The number of hydrogen-bond donors (Lipinski definition) is 1. The Morgan fingerprint density at radius 2 is 2.21 bits per heavy atom. The minimum Gasteiger partial charge on any atom is -0.393 e. The Bertz CT molecular complexity index is 359. The van der Waals surface area contributed by atoms with Gasteiger partial charge in [-0.2, -0.15) is 5.10 Å². The maximum absolute atomic E-state index is 9.95. The van der Waals surface area contributed by atoms with E-state index in [1.54, 1.807) is 0 Å². The first-order chi connectivity index (χ1) is 9.29. The molecule has 1 aromatic heterocycles. The van der Waals surface area contributed by atoms with Crippen LogP contribution in [0.1, 0.15) is 57.2 Å². The summed E-state index contributed by atoms with van der Waals surface area (Å²) in [5, 5.41) is 14.5. The van der Waals surface area contributed by atoms with Crippen LogP contribution in [0.25, 0.3) is 0 Å². The van der Waals surface area contributed by atoms with Crippen LogP contribution in [0.5, 0.6) is 0 Å². The number of aliphatic hydroxyl groups excluding tert-OH is 1. The van der Waals surface area contributed by atoms with Crippen LogP contribution >= 0.6 is 0 Å². The summed E-state index contributed by atoms with van der Waals surface area (Å²) >= 11 is 0. The Kier molecular flexibility index (Phi) is 5.86. The molecular formula is C15H26N2O2. The molecule has 0 aromatic carbocycles. The second kappa shape index (κ2) is 7.65. The molecule has 0 amide bonds. The van der Waals surface area contributed by atoms with E-state index in [1.165, 1.54) is 25.7 Å². The Balaban J connectivity index is 1.72. The van der Waals surface area contributed by atoms with Gasteiger partial charge in [0.2, 0.25) is 0 Å². The predicted molar refractivity (Wildman–Crippen MR) is 75.2 cm³/mol. The Morgan fingerprint density at radius 1 is 1.42 bits per heavy atom. The third-order valence-corrected chi connectivity index (χ3v) is 3.75. The Hall–Kier alpha value is -0.870. The smallest absolute Gasteiger partial charge is 0.0650 e. The highest BCUT2D eigenvalue weighted by Crippen LogP contribution is 2.28. The van der Waals surface area contributed by atoms with E-state index >= 15 is 0 Å². The number of aliphatic hydroxyl groups is 1. The van der Waals surface area contributed by atoms with Crippen molar-refractivity contribution >= 4 is 0 Å². The van der Waals surface area contributed by atoms with Crippen LogP contribution in [0.4, 0.5) is 0 Å². The van der Waals surface area contributed by atoms with E-state index < -0.39 is 0 Å². The molecule has 1 aliphatic rings. The summed E-state index contributed by atoms with van der Waals surface area (Å²) in [6.45, 7) is 3.51. The SMILES string of the molecule is CCCOCCC(O)Cc1ccn(C2CCCC2)n1. The van der Waals surface area contributed by atoms with Crippen molar-refractivity contribution in [3.63, 3.8) is 0 Å². The maximum atomic E-state index is 9.95. The minimum absolute atomic E-state index is 0.344. The zero-order valence-electron chi connectivity index (χ0n) is 11.9. The molecule has 0 saturated heterocycles. The van der Waals surface area contributed by atoms with Crippen molar-refractivity contribution < 1.29 is 9.84 Å². The van der Waals surface area contributed by atoms with Crippen LogP contribution in [0, 0.1) is 0 Å². The quantitative estimate of drug-likeness (QED) is 0.736. The van der Waals surface area contributed by atoms with Crippen molar-refractivity contribution in [2.45, 2.75) is 64.0 Å². The van der Waals surface area contributed by atoms with Gasteiger partial charge in [0, 0.05) is 25.8 Å². The molecule has 1 unspecified atom stereocenters. The van der Waals surface area contributed by atoms with Gasteiger partial charge in [0.1, 0.15) is 0 Å². The van der Waals surface area contributed by atoms with Crippen LogP contribution in [0.3, 0.4) is 0 Å². The molecule has 1 heterocycles. The van der Waals surface area contributed by atoms with Gasteiger partial charge in [-0.05, 0) is 31.7 Å². The van der Waals surface area contributed by atoms with Gasteiger partial charge in [-0.3, -0.25) is 4.68 Å². The van der Waals surface area contributed by atoms with E-state index in [-0.39, 0.29) is 6.10 Å². The summed E-state index contributed by atoms with van der Waals surface area (Å²) in [5.41, 5.74) is 0.995. The molecule has 1 aromatic rings. The predicted octanol–water partition coefficient (Wildman–Crippen LogP) is 2.72. The van der Waals surface area contributed by atoms with E-state index in [1.807, 2.05) is 6.07 Å². The Labute approximate surface area is 115 Å². The minimum atomic E-state index is -0.344. The molecule has 1 fully saturated rings. The number of hydrogen-bond acceptors (Lipinski definition) is 3. The van der Waals surface area contributed by atoms with Crippen molar-refractivity contribution in [2.75, 3.05) is 13.2 Å². The highest BCUT2D eigenvalue weighted by Gasteiger charge is 2.18. The fourth-order valence-electron chi connectivity index (χ4n) is 2.67. The second-order valence-electron chi connectivity index (χ2n) is 5.48. The molecule has 2 rings (SSSR count). The number of aromatic nitrogens is 2. The summed E-state index contributed by atoms with van der Waals surface area (Å²) in [6, 6.07) is 2.62. The standard InChI is InChI=1S/C15H26N2O2/c1-2-10-19-11-8-15(18)12-13-7-9-17(16-13)14-5-3-4-6-14/h7,9,14-15,18H,2-6,8,10-12H2,1H3. The monoisotopic (exact) mass is 266 g/mol.